The SMILES string of the molecule is CN(C)C(=O)c1cc2cc(C=NN)cnc2[nH]1. The zero-order chi connectivity index (χ0) is 12.4. The highest BCUT2D eigenvalue weighted by atomic mass is 16.2. The van der Waals surface area contributed by atoms with Crippen LogP contribution >= 0.6 is 0 Å². The van der Waals surface area contributed by atoms with E-state index < -0.39 is 0 Å². The number of hydrazone groups is 1. The number of H-pyrrole nitrogens is 1. The maximum Gasteiger partial charge on any atom is 0.269 e. The van der Waals surface area contributed by atoms with E-state index in [1.165, 1.54) is 11.1 Å². The fourth-order valence-electron chi connectivity index (χ4n) is 1.55. The third-order valence-corrected chi connectivity index (χ3v) is 2.35. The quantitative estimate of drug-likeness (QED) is 0.449. The number of carbonyl (C=O) groups excluding carboxylic acids is 1. The van der Waals surface area contributed by atoms with Gasteiger partial charge in [0.25, 0.3) is 5.91 Å². The third kappa shape index (κ3) is 2.10. The van der Waals surface area contributed by atoms with E-state index >= 15 is 0 Å². The van der Waals surface area contributed by atoms with Crippen molar-refractivity contribution < 1.29 is 4.79 Å². The number of aromatic amines is 1. The number of carbonyl (C=O) groups is 1. The van der Waals surface area contributed by atoms with Gasteiger partial charge in [-0.05, 0) is 12.1 Å². The van der Waals surface area contributed by atoms with Crippen LogP contribution < -0.4 is 5.84 Å². The van der Waals surface area contributed by atoms with Crippen LogP contribution in [-0.4, -0.2) is 41.1 Å². The summed E-state index contributed by atoms with van der Waals surface area (Å²) in [6, 6.07) is 3.63. The molecule has 6 nitrogen and oxygen atoms in total. The molecule has 0 saturated heterocycles. The number of rotatable bonds is 2. The smallest absolute Gasteiger partial charge is 0.269 e. The molecule has 0 aromatic carbocycles. The van der Waals surface area contributed by atoms with Gasteiger partial charge >= 0.3 is 0 Å². The lowest BCUT2D eigenvalue weighted by atomic mass is 10.2. The van der Waals surface area contributed by atoms with Gasteiger partial charge in [-0.1, -0.05) is 0 Å². The van der Waals surface area contributed by atoms with Crippen molar-refractivity contribution in [3.05, 3.63) is 29.6 Å². The molecule has 1 amide bonds. The van der Waals surface area contributed by atoms with Crippen molar-refractivity contribution in [2.24, 2.45) is 10.9 Å². The first kappa shape index (κ1) is 11.1. The molecule has 17 heavy (non-hydrogen) atoms. The summed E-state index contributed by atoms with van der Waals surface area (Å²) in [5, 5.41) is 4.29. The van der Waals surface area contributed by atoms with Gasteiger partial charge in [0.15, 0.2) is 0 Å². The number of nitrogens with two attached hydrogens (primary N) is 1. The van der Waals surface area contributed by atoms with Gasteiger partial charge in [0, 0.05) is 31.2 Å². The minimum absolute atomic E-state index is 0.0861. The molecule has 0 saturated carbocycles. The predicted molar refractivity (Wildman–Crippen MR) is 65.9 cm³/mol. The molecule has 2 rings (SSSR count). The topological polar surface area (TPSA) is 87.4 Å². The molecule has 0 fully saturated rings. The van der Waals surface area contributed by atoms with Crippen molar-refractivity contribution in [3.8, 4) is 0 Å². The molecule has 0 radical (unpaired) electrons. The lowest BCUT2D eigenvalue weighted by molar-refractivity contribution is 0.0823. The number of nitrogens with one attached hydrogen (secondary N) is 1. The Morgan fingerprint density at radius 3 is 2.94 bits per heavy atom. The second-order valence-corrected chi connectivity index (χ2v) is 3.87. The maximum absolute atomic E-state index is 11.7. The standard InChI is InChI=1S/C11H13N5O/c1-16(2)11(17)9-4-8-3-7(6-14-12)5-13-10(8)15-9/h3-6H,12H2,1-2H3,(H,13,15). The predicted octanol–water partition coefficient (Wildman–Crippen LogP) is 0.557. The van der Waals surface area contributed by atoms with Gasteiger partial charge in [-0.15, -0.1) is 0 Å². The molecule has 0 aliphatic heterocycles. The third-order valence-electron chi connectivity index (χ3n) is 2.35. The van der Waals surface area contributed by atoms with E-state index in [1.54, 1.807) is 26.4 Å². The van der Waals surface area contributed by atoms with Crippen molar-refractivity contribution >= 4 is 23.2 Å². The summed E-state index contributed by atoms with van der Waals surface area (Å²) in [7, 11) is 3.40. The van der Waals surface area contributed by atoms with Gasteiger partial charge in [0.2, 0.25) is 0 Å². The molecule has 88 valence electrons. The summed E-state index contributed by atoms with van der Waals surface area (Å²) in [6.45, 7) is 0. The molecular weight excluding hydrogens is 218 g/mol. The zero-order valence-electron chi connectivity index (χ0n) is 9.64. The van der Waals surface area contributed by atoms with E-state index in [4.69, 9.17) is 5.84 Å². The molecule has 2 aromatic heterocycles. The summed E-state index contributed by atoms with van der Waals surface area (Å²) in [5.74, 6) is 4.98. The van der Waals surface area contributed by atoms with Crippen LogP contribution in [0.25, 0.3) is 11.0 Å². The van der Waals surface area contributed by atoms with E-state index in [0.717, 1.165) is 10.9 Å². The Morgan fingerprint density at radius 1 is 1.53 bits per heavy atom. The lowest BCUT2D eigenvalue weighted by Crippen LogP contribution is -2.21. The highest BCUT2D eigenvalue weighted by Gasteiger charge is 2.11. The number of hydrogen-bond donors (Lipinski definition) is 2. The van der Waals surface area contributed by atoms with Gasteiger partial charge in [0.1, 0.15) is 11.3 Å². The number of fused-ring (bicyclic) bond motifs is 1. The Morgan fingerprint density at radius 2 is 2.29 bits per heavy atom. The van der Waals surface area contributed by atoms with E-state index in [2.05, 4.69) is 15.1 Å². The molecule has 0 spiro atoms. The largest absolute Gasteiger partial charge is 0.344 e. The van der Waals surface area contributed by atoms with Crippen LogP contribution in [0.4, 0.5) is 0 Å². The summed E-state index contributed by atoms with van der Waals surface area (Å²) in [5.41, 5.74) is 1.98. The normalized spacial score (nSPS) is 11.2. The van der Waals surface area contributed by atoms with Crippen molar-refractivity contribution in [3.63, 3.8) is 0 Å². The molecule has 2 aromatic rings. The maximum atomic E-state index is 11.7. The zero-order valence-corrected chi connectivity index (χ0v) is 9.64. The monoisotopic (exact) mass is 231 g/mol. The lowest BCUT2D eigenvalue weighted by Gasteiger charge is -2.07. The fraction of sp³-hybridized carbons (Fsp3) is 0.182. The highest BCUT2D eigenvalue weighted by molar-refractivity contribution is 5.97. The first-order chi connectivity index (χ1) is 8.11. The van der Waals surface area contributed by atoms with E-state index in [1.807, 2.05) is 6.07 Å². The van der Waals surface area contributed by atoms with Crippen LogP contribution in [0.5, 0.6) is 0 Å². The van der Waals surface area contributed by atoms with Gasteiger partial charge < -0.3 is 15.7 Å². The van der Waals surface area contributed by atoms with Crippen molar-refractivity contribution in [2.45, 2.75) is 0 Å². The Balaban J connectivity index is 2.47. The number of nitrogens with zero attached hydrogens (tertiary/aromatic N) is 3. The Hall–Kier alpha value is -2.37. The van der Waals surface area contributed by atoms with E-state index in [0.29, 0.717) is 11.3 Å². The van der Waals surface area contributed by atoms with E-state index in [-0.39, 0.29) is 5.91 Å². The molecule has 0 aliphatic rings. The van der Waals surface area contributed by atoms with Crippen LogP contribution in [-0.2, 0) is 0 Å². The molecule has 6 heteroatoms. The van der Waals surface area contributed by atoms with E-state index in [9.17, 15) is 4.79 Å². The molecule has 0 aliphatic carbocycles. The minimum Gasteiger partial charge on any atom is -0.344 e. The summed E-state index contributed by atoms with van der Waals surface area (Å²) in [6.07, 6.45) is 3.14. The highest BCUT2D eigenvalue weighted by Crippen LogP contribution is 2.14. The number of hydrogen-bond acceptors (Lipinski definition) is 4. The first-order valence-electron chi connectivity index (χ1n) is 5.05. The van der Waals surface area contributed by atoms with Crippen LogP contribution in [0.3, 0.4) is 0 Å². The summed E-state index contributed by atoms with van der Waals surface area (Å²) in [4.78, 5) is 20.4. The minimum atomic E-state index is -0.0861. The van der Waals surface area contributed by atoms with Gasteiger partial charge in [-0.3, -0.25) is 4.79 Å². The summed E-state index contributed by atoms with van der Waals surface area (Å²) >= 11 is 0. The van der Waals surface area contributed by atoms with Crippen molar-refractivity contribution in [2.75, 3.05) is 14.1 Å². The van der Waals surface area contributed by atoms with Gasteiger partial charge in [-0.2, -0.15) is 5.10 Å². The van der Waals surface area contributed by atoms with Crippen LogP contribution in [0.15, 0.2) is 23.4 Å². The Kier molecular flexibility index (Phi) is 2.78. The first-order valence-corrected chi connectivity index (χ1v) is 5.05. The second kappa shape index (κ2) is 4.25. The van der Waals surface area contributed by atoms with Crippen LogP contribution in [0, 0.1) is 0 Å². The van der Waals surface area contributed by atoms with Crippen LogP contribution in [0.2, 0.25) is 0 Å². The molecule has 2 heterocycles. The average molecular weight is 231 g/mol. The number of aromatic nitrogens is 2. The number of amides is 1. The second-order valence-electron chi connectivity index (χ2n) is 3.87. The molecular formula is C11H13N5O. The molecule has 0 bridgehead atoms. The van der Waals surface area contributed by atoms with Gasteiger partial charge in [0.05, 0.1) is 6.21 Å². The van der Waals surface area contributed by atoms with Gasteiger partial charge in [-0.25, -0.2) is 4.98 Å². The molecule has 0 unspecified atom stereocenters. The Bertz CT molecular complexity index is 585. The van der Waals surface area contributed by atoms with Crippen molar-refractivity contribution in [1.82, 2.24) is 14.9 Å². The molecule has 3 N–H and O–H groups in total. The fourth-order valence-corrected chi connectivity index (χ4v) is 1.55. The van der Waals surface area contributed by atoms with Crippen molar-refractivity contribution in [1.29, 1.82) is 0 Å². The molecule has 0 atom stereocenters. The number of pyridine rings is 1. The Labute approximate surface area is 98.1 Å². The van der Waals surface area contributed by atoms with Crippen LogP contribution in [0.1, 0.15) is 16.1 Å². The average Bonchev–Trinajstić information content (AvgIpc) is 2.71. The summed E-state index contributed by atoms with van der Waals surface area (Å²) < 4.78 is 0.